The van der Waals surface area contributed by atoms with Crippen molar-refractivity contribution in [2.24, 2.45) is 10.7 Å². The van der Waals surface area contributed by atoms with E-state index in [-0.39, 0.29) is 5.60 Å². The maximum atomic E-state index is 5.87. The lowest BCUT2D eigenvalue weighted by molar-refractivity contribution is 0.124. The standard InChI is InChI=1S/C17H22N4O/c1-17(2,3)22-15-11-7-10-14(20-15)12-19-16(18)21-13-8-5-4-6-9-13/h4-11H,12H2,1-3H3,(H3,18,19,21). The third kappa shape index (κ3) is 5.44. The second-order valence-corrected chi connectivity index (χ2v) is 5.87. The summed E-state index contributed by atoms with van der Waals surface area (Å²) in [4.78, 5) is 8.72. The number of aromatic nitrogens is 1. The number of pyridine rings is 1. The van der Waals surface area contributed by atoms with E-state index >= 15 is 0 Å². The van der Waals surface area contributed by atoms with Gasteiger partial charge < -0.3 is 15.8 Å². The van der Waals surface area contributed by atoms with Gasteiger partial charge in [-0.1, -0.05) is 24.3 Å². The van der Waals surface area contributed by atoms with Crippen LogP contribution in [0.2, 0.25) is 0 Å². The second-order valence-electron chi connectivity index (χ2n) is 5.87. The Morgan fingerprint density at radius 2 is 1.86 bits per heavy atom. The van der Waals surface area contributed by atoms with Gasteiger partial charge in [0.1, 0.15) is 5.60 Å². The largest absolute Gasteiger partial charge is 0.472 e. The van der Waals surface area contributed by atoms with Crippen LogP contribution in [0.4, 0.5) is 5.69 Å². The quantitative estimate of drug-likeness (QED) is 0.671. The number of benzene rings is 1. The molecule has 1 aromatic heterocycles. The first kappa shape index (κ1) is 15.8. The molecule has 0 atom stereocenters. The van der Waals surface area contributed by atoms with Crippen LogP contribution in [0.3, 0.4) is 0 Å². The highest BCUT2D eigenvalue weighted by Gasteiger charge is 2.12. The lowest BCUT2D eigenvalue weighted by Crippen LogP contribution is -2.24. The first-order chi connectivity index (χ1) is 10.4. The van der Waals surface area contributed by atoms with Crippen molar-refractivity contribution in [3.05, 3.63) is 54.2 Å². The number of hydrogen-bond acceptors (Lipinski definition) is 3. The molecule has 0 unspecified atom stereocenters. The zero-order valence-corrected chi connectivity index (χ0v) is 13.2. The van der Waals surface area contributed by atoms with Crippen molar-refractivity contribution in [2.45, 2.75) is 32.9 Å². The smallest absolute Gasteiger partial charge is 0.214 e. The number of rotatable bonds is 4. The van der Waals surface area contributed by atoms with Gasteiger partial charge in [0.25, 0.3) is 0 Å². The minimum absolute atomic E-state index is 0.275. The van der Waals surface area contributed by atoms with Crippen LogP contribution in [0.1, 0.15) is 26.5 Å². The van der Waals surface area contributed by atoms with Gasteiger partial charge in [-0.3, -0.25) is 0 Å². The highest BCUT2D eigenvalue weighted by atomic mass is 16.5. The van der Waals surface area contributed by atoms with E-state index in [1.165, 1.54) is 0 Å². The Morgan fingerprint density at radius 3 is 2.55 bits per heavy atom. The van der Waals surface area contributed by atoms with Crippen LogP contribution in [0.5, 0.6) is 5.88 Å². The first-order valence-corrected chi connectivity index (χ1v) is 7.19. The molecule has 22 heavy (non-hydrogen) atoms. The molecule has 0 fully saturated rings. The monoisotopic (exact) mass is 298 g/mol. The maximum absolute atomic E-state index is 5.87. The third-order valence-electron chi connectivity index (χ3n) is 2.65. The summed E-state index contributed by atoms with van der Waals surface area (Å²) in [5.41, 5.74) is 7.31. The molecular weight excluding hydrogens is 276 g/mol. The molecule has 0 aliphatic rings. The summed E-state index contributed by atoms with van der Waals surface area (Å²) >= 11 is 0. The average molecular weight is 298 g/mol. The van der Waals surface area contributed by atoms with Crippen LogP contribution < -0.4 is 15.8 Å². The summed E-state index contributed by atoms with van der Waals surface area (Å²) in [6.07, 6.45) is 0. The molecule has 1 aromatic carbocycles. The predicted octanol–water partition coefficient (Wildman–Crippen LogP) is 3.19. The summed E-state index contributed by atoms with van der Waals surface area (Å²) < 4.78 is 5.74. The van der Waals surface area contributed by atoms with E-state index in [1.54, 1.807) is 0 Å². The van der Waals surface area contributed by atoms with Gasteiger partial charge in [0.15, 0.2) is 5.96 Å². The number of anilines is 1. The second kappa shape index (κ2) is 6.93. The average Bonchev–Trinajstić information content (AvgIpc) is 2.45. The molecule has 0 saturated heterocycles. The van der Waals surface area contributed by atoms with Gasteiger partial charge in [-0.15, -0.1) is 0 Å². The lowest BCUT2D eigenvalue weighted by atomic mass is 10.2. The molecule has 0 spiro atoms. The van der Waals surface area contributed by atoms with Crippen LogP contribution >= 0.6 is 0 Å². The van der Waals surface area contributed by atoms with E-state index in [0.717, 1.165) is 11.4 Å². The fourth-order valence-electron chi connectivity index (χ4n) is 1.79. The summed E-state index contributed by atoms with van der Waals surface area (Å²) in [6, 6.07) is 15.3. The fraction of sp³-hybridized carbons (Fsp3) is 0.294. The van der Waals surface area contributed by atoms with Crippen LogP contribution in [0, 0.1) is 0 Å². The van der Waals surface area contributed by atoms with Gasteiger partial charge in [0.2, 0.25) is 5.88 Å². The van der Waals surface area contributed by atoms with E-state index in [0.29, 0.717) is 18.4 Å². The summed E-state index contributed by atoms with van der Waals surface area (Å²) in [5, 5.41) is 3.03. The van der Waals surface area contributed by atoms with Crippen molar-refractivity contribution in [2.75, 3.05) is 5.32 Å². The van der Waals surface area contributed by atoms with Crippen LogP contribution in [-0.2, 0) is 6.54 Å². The molecule has 116 valence electrons. The normalized spacial score (nSPS) is 12.0. The molecule has 2 aromatic rings. The van der Waals surface area contributed by atoms with Crippen molar-refractivity contribution >= 4 is 11.6 Å². The Bertz CT molecular complexity index is 633. The molecule has 0 amide bonds. The number of aliphatic imine (C=N–C) groups is 1. The van der Waals surface area contributed by atoms with Crippen molar-refractivity contribution in [1.82, 2.24) is 4.98 Å². The highest BCUT2D eigenvalue weighted by molar-refractivity contribution is 5.92. The number of ether oxygens (including phenoxy) is 1. The predicted molar refractivity (Wildman–Crippen MR) is 90.0 cm³/mol. The van der Waals surface area contributed by atoms with E-state index in [9.17, 15) is 0 Å². The van der Waals surface area contributed by atoms with Crippen LogP contribution in [0.15, 0.2) is 53.5 Å². The Hall–Kier alpha value is -2.56. The van der Waals surface area contributed by atoms with Gasteiger partial charge in [0.05, 0.1) is 12.2 Å². The zero-order chi connectivity index (χ0) is 16.0. The molecular formula is C17H22N4O. The Labute approximate surface area is 131 Å². The minimum Gasteiger partial charge on any atom is -0.472 e. The Balaban J connectivity index is 1.98. The molecule has 5 nitrogen and oxygen atoms in total. The molecule has 0 bridgehead atoms. The number of guanidine groups is 1. The number of hydrogen-bond donors (Lipinski definition) is 2. The van der Waals surface area contributed by atoms with Crippen molar-refractivity contribution in [3.8, 4) is 5.88 Å². The molecule has 0 aliphatic heterocycles. The van der Waals surface area contributed by atoms with E-state index in [4.69, 9.17) is 10.5 Å². The molecule has 0 radical (unpaired) electrons. The summed E-state index contributed by atoms with van der Waals surface area (Å²) in [7, 11) is 0. The SMILES string of the molecule is CC(C)(C)Oc1cccc(CN=C(N)Nc2ccccc2)n1. The number of nitrogens with two attached hydrogens (primary N) is 1. The van der Waals surface area contributed by atoms with E-state index in [2.05, 4.69) is 15.3 Å². The highest BCUT2D eigenvalue weighted by Crippen LogP contribution is 2.15. The number of nitrogens with zero attached hydrogens (tertiary/aromatic N) is 2. The minimum atomic E-state index is -0.275. The zero-order valence-electron chi connectivity index (χ0n) is 13.2. The van der Waals surface area contributed by atoms with Gasteiger partial charge in [0, 0.05) is 11.8 Å². The lowest BCUT2D eigenvalue weighted by Gasteiger charge is -2.20. The molecule has 5 heteroatoms. The third-order valence-corrected chi connectivity index (χ3v) is 2.65. The first-order valence-electron chi connectivity index (χ1n) is 7.19. The Morgan fingerprint density at radius 1 is 1.14 bits per heavy atom. The molecule has 2 rings (SSSR count). The topological polar surface area (TPSA) is 72.5 Å². The van der Waals surface area contributed by atoms with Crippen molar-refractivity contribution in [3.63, 3.8) is 0 Å². The fourth-order valence-corrected chi connectivity index (χ4v) is 1.79. The molecule has 0 saturated carbocycles. The van der Waals surface area contributed by atoms with Crippen LogP contribution in [-0.4, -0.2) is 16.5 Å². The van der Waals surface area contributed by atoms with Gasteiger partial charge in [-0.2, -0.15) is 0 Å². The summed E-state index contributed by atoms with van der Waals surface area (Å²) in [5.74, 6) is 0.949. The molecule has 0 aliphatic carbocycles. The van der Waals surface area contributed by atoms with E-state index in [1.807, 2.05) is 69.3 Å². The van der Waals surface area contributed by atoms with Gasteiger partial charge in [-0.05, 0) is 39.0 Å². The Kier molecular flexibility index (Phi) is 4.99. The molecule has 3 N–H and O–H groups in total. The van der Waals surface area contributed by atoms with E-state index < -0.39 is 0 Å². The number of nitrogens with one attached hydrogen (secondary N) is 1. The van der Waals surface area contributed by atoms with Gasteiger partial charge >= 0.3 is 0 Å². The van der Waals surface area contributed by atoms with Crippen LogP contribution in [0.25, 0.3) is 0 Å². The molecule has 1 heterocycles. The van der Waals surface area contributed by atoms with Gasteiger partial charge in [-0.25, -0.2) is 9.98 Å². The summed E-state index contributed by atoms with van der Waals surface area (Å²) in [6.45, 7) is 6.36. The van der Waals surface area contributed by atoms with Crippen molar-refractivity contribution < 1.29 is 4.74 Å². The maximum Gasteiger partial charge on any atom is 0.214 e. The van der Waals surface area contributed by atoms with Crippen molar-refractivity contribution in [1.29, 1.82) is 0 Å². The number of para-hydroxylation sites is 1.